The van der Waals surface area contributed by atoms with Crippen molar-refractivity contribution in [2.24, 2.45) is 0 Å². The van der Waals surface area contributed by atoms with Crippen molar-refractivity contribution < 1.29 is 24.5 Å². The SMILES string of the molecule is CCCCC/C=C/C=C/CCCCCCC(CC(=O)NC(CO)C(O)CCCCCCCCCCCCCC)OC(=O)CCCCCCCCC/C=C/CCCCCCCC. The van der Waals surface area contributed by atoms with Gasteiger partial charge in [0.1, 0.15) is 6.10 Å². The normalized spacial score (nSPS) is 13.5. The maximum Gasteiger partial charge on any atom is 0.306 e. The Balaban J connectivity index is 4.56. The highest BCUT2D eigenvalue weighted by atomic mass is 16.5. The summed E-state index contributed by atoms with van der Waals surface area (Å²) in [5.74, 6) is -0.490. The van der Waals surface area contributed by atoms with Crippen LogP contribution in [-0.4, -0.2) is 46.9 Å². The molecule has 3 atom stereocenters. The highest BCUT2D eigenvalue weighted by molar-refractivity contribution is 5.77. The summed E-state index contributed by atoms with van der Waals surface area (Å²) >= 11 is 0. The number of rotatable bonds is 48. The molecule has 0 fully saturated rings. The average molecular weight is 858 g/mol. The van der Waals surface area contributed by atoms with E-state index in [0.717, 1.165) is 77.0 Å². The van der Waals surface area contributed by atoms with Gasteiger partial charge in [-0.05, 0) is 77.0 Å². The average Bonchev–Trinajstić information content (AvgIpc) is 3.25. The summed E-state index contributed by atoms with van der Waals surface area (Å²) in [5, 5.41) is 23.8. The van der Waals surface area contributed by atoms with E-state index in [1.54, 1.807) is 0 Å². The third kappa shape index (κ3) is 44.5. The van der Waals surface area contributed by atoms with Gasteiger partial charge in [-0.2, -0.15) is 0 Å². The molecule has 1 amide bonds. The Morgan fingerprint density at radius 3 is 1.30 bits per heavy atom. The summed E-state index contributed by atoms with van der Waals surface area (Å²) in [6.45, 7) is 6.45. The maximum absolute atomic E-state index is 13.2. The van der Waals surface area contributed by atoms with Gasteiger partial charge in [0.05, 0.1) is 25.2 Å². The molecular weight excluding hydrogens is 755 g/mol. The van der Waals surface area contributed by atoms with E-state index in [4.69, 9.17) is 4.74 Å². The molecule has 61 heavy (non-hydrogen) atoms. The van der Waals surface area contributed by atoms with Gasteiger partial charge in [0.25, 0.3) is 0 Å². The molecule has 0 aromatic carbocycles. The zero-order chi connectivity index (χ0) is 44.5. The van der Waals surface area contributed by atoms with Crippen molar-refractivity contribution in [2.75, 3.05) is 6.61 Å². The summed E-state index contributed by atoms with van der Waals surface area (Å²) in [7, 11) is 0. The largest absolute Gasteiger partial charge is 0.462 e. The summed E-state index contributed by atoms with van der Waals surface area (Å²) in [4.78, 5) is 26.2. The minimum absolute atomic E-state index is 0.0646. The molecule has 0 saturated carbocycles. The fourth-order valence-corrected chi connectivity index (χ4v) is 8.12. The van der Waals surface area contributed by atoms with Crippen LogP contribution in [-0.2, 0) is 14.3 Å². The molecule has 0 radical (unpaired) electrons. The molecule has 0 bridgehead atoms. The van der Waals surface area contributed by atoms with Crippen LogP contribution < -0.4 is 5.32 Å². The van der Waals surface area contributed by atoms with Crippen LogP contribution in [0, 0.1) is 0 Å². The molecule has 3 N–H and O–H groups in total. The summed E-state index contributed by atoms with van der Waals surface area (Å²) in [6.07, 6.45) is 57.7. The lowest BCUT2D eigenvalue weighted by atomic mass is 10.0. The number of allylic oxidation sites excluding steroid dienone is 6. The van der Waals surface area contributed by atoms with E-state index in [1.807, 2.05) is 0 Å². The summed E-state index contributed by atoms with van der Waals surface area (Å²) in [5.41, 5.74) is 0. The minimum atomic E-state index is -0.791. The number of hydrogen-bond acceptors (Lipinski definition) is 5. The van der Waals surface area contributed by atoms with E-state index in [2.05, 4.69) is 62.5 Å². The lowest BCUT2D eigenvalue weighted by Crippen LogP contribution is -2.46. The number of carbonyl (C=O) groups excluding carboxylic acids is 2. The monoisotopic (exact) mass is 858 g/mol. The molecule has 0 aliphatic carbocycles. The van der Waals surface area contributed by atoms with Gasteiger partial charge in [0, 0.05) is 6.42 Å². The van der Waals surface area contributed by atoms with Crippen LogP contribution in [0.25, 0.3) is 0 Å². The Morgan fingerprint density at radius 1 is 0.475 bits per heavy atom. The second kappa shape index (κ2) is 49.1. The number of aliphatic hydroxyl groups excluding tert-OH is 2. The molecule has 0 aliphatic rings. The zero-order valence-corrected chi connectivity index (χ0v) is 40.8. The molecule has 0 rings (SSSR count). The minimum Gasteiger partial charge on any atom is -0.462 e. The molecule has 3 unspecified atom stereocenters. The fraction of sp³-hybridized carbons (Fsp3) is 0.855. The number of ether oxygens (including phenoxy) is 1. The number of carbonyl (C=O) groups is 2. The van der Waals surface area contributed by atoms with Gasteiger partial charge in [-0.1, -0.05) is 224 Å². The van der Waals surface area contributed by atoms with Crippen LogP contribution in [0.15, 0.2) is 36.5 Å². The Hall–Kier alpha value is -1.92. The molecular formula is C55H103NO5. The lowest BCUT2D eigenvalue weighted by molar-refractivity contribution is -0.151. The molecule has 6 nitrogen and oxygen atoms in total. The number of nitrogens with one attached hydrogen (secondary N) is 1. The van der Waals surface area contributed by atoms with Crippen molar-refractivity contribution in [3.8, 4) is 0 Å². The molecule has 0 aromatic rings. The second-order valence-electron chi connectivity index (χ2n) is 18.3. The second-order valence-corrected chi connectivity index (χ2v) is 18.3. The number of hydrogen-bond donors (Lipinski definition) is 3. The predicted octanol–water partition coefficient (Wildman–Crippen LogP) is 16.1. The van der Waals surface area contributed by atoms with E-state index in [0.29, 0.717) is 19.3 Å². The van der Waals surface area contributed by atoms with Crippen LogP contribution in [0.1, 0.15) is 278 Å². The van der Waals surface area contributed by atoms with E-state index in [1.165, 1.54) is 154 Å². The number of esters is 1. The van der Waals surface area contributed by atoms with E-state index in [9.17, 15) is 19.8 Å². The molecule has 0 aliphatic heterocycles. The molecule has 0 aromatic heterocycles. The van der Waals surface area contributed by atoms with Gasteiger partial charge < -0.3 is 20.3 Å². The Labute approximate surface area is 379 Å². The highest BCUT2D eigenvalue weighted by Crippen LogP contribution is 2.18. The number of amides is 1. The molecule has 0 heterocycles. The fourth-order valence-electron chi connectivity index (χ4n) is 8.12. The quantitative estimate of drug-likeness (QED) is 0.0245. The van der Waals surface area contributed by atoms with E-state index in [-0.39, 0.29) is 24.9 Å². The van der Waals surface area contributed by atoms with Crippen LogP contribution in [0.4, 0.5) is 0 Å². The zero-order valence-electron chi connectivity index (χ0n) is 40.8. The van der Waals surface area contributed by atoms with Crippen molar-refractivity contribution >= 4 is 11.9 Å². The van der Waals surface area contributed by atoms with Crippen molar-refractivity contribution in [1.29, 1.82) is 0 Å². The number of aliphatic hydroxyl groups is 2. The summed E-state index contributed by atoms with van der Waals surface area (Å²) in [6, 6.07) is -0.706. The van der Waals surface area contributed by atoms with Gasteiger partial charge in [0.15, 0.2) is 0 Å². The molecule has 358 valence electrons. The van der Waals surface area contributed by atoms with Crippen LogP contribution in [0.3, 0.4) is 0 Å². The van der Waals surface area contributed by atoms with Crippen molar-refractivity contribution in [1.82, 2.24) is 5.32 Å². The topological polar surface area (TPSA) is 95.9 Å². The van der Waals surface area contributed by atoms with Gasteiger partial charge in [-0.25, -0.2) is 0 Å². The standard InChI is InChI=1S/C55H103NO5/c1-4-7-10-13-16-19-22-25-26-27-28-30-33-36-39-42-45-48-55(60)61-51(46-43-40-37-34-31-29-23-20-17-14-11-8-5-2)49-54(59)56-52(50-57)53(58)47-44-41-38-35-32-24-21-18-15-12-9-6-3/h17,20,23,25-26,29,51-53,57-58H,4-16,18-19,21-22,24,27-28,30-50H2,1-3H3,(H,56,59)/b20-17+,26-25+,29-23+. The number of unbranched alkanes of at least 4 members (excludes halogenated alkanes) is 31. The van der Waals surface area contributed by atoms with E-state index < -0.39 is 18.2 Å². The maximum atomic E-state index is 13.2. The van der Waals surface area contributed by atoms with Crippen LogP contribution >= 0.6 is 0 Å². The van der Waals surface area contributed by atoms with E-state index >= 15 is 0 Å². The van der Waals surface area contributed by atoms with Gasteiger partial charge in [-0.3, -0.25) is 9.59 Å². The van der Waals surface area contributed by atoms with Gasteiger partial charge in [0.2, 0.25) is 5.91 Å². The Bertz CT molecular complexity index is 1010. The predicted molar refractivity (Wildman–Crippen MR) is 264 cm³/mol. The van der Waals surface area contributed by atoms with Crippen molar-refractivity contribution in [3.05, 3.63) is 36.5 Å². The van der Waals surface area contributed by atoms with Crippen LogP contribution in [0.5, 0.6) is 0 Å². The van der Waals surface area contributed by atoms with Crippen molar-refractivity contribution in [2.45, 2.75) is 296 Å². The first-order valence-corrected chi connectivity index (χ1v) is 26.7. The van der Waals surface area contributed by atoms with Gasteiger partial charge >= 0.3 is 5.97 Å². The highest BCUT2D eigenvalue weighted by Gasteiger charge is 2.24. The molecule has 0 spiro atoms. The first-order chi connectivity index (χ1) is 30.0. The van der Waals surface area contributed by atoms with Gasteiger partial charge in [-0.15, -0.1) is 0 Å². The first-order valence-electron chi connectivity index (χ1n) is 26.7. The lowest BCUT2D eigenvalue weighted by Gasteiger charge is -2.24. The molecule has 0 saturated heterocycles. The smallest absolute Gasteiger partial charge is 0.306 e. The Morgan fingerprint density at radius 2 is 0.836 bits per heavy atom. The molecule has 6 heteroatoms. The Kier molecular flexibility index (Phi) is 47.6. The van der Waals surface area contributed by atoms with Crippen LogP contribution in [0.2, 0.25) is 0 Å². The van der Waals surface area contributed by atoms with Crippen molar-refractivity contribution in [3.63, 3.8) is 0 Å². The first kappa shape index (κ1) is 59.1. The summed E-state index contributed by atoms with van der Waals surface area (Å²) < 4.78 is 5.93. The third-order valence-corrected chi connectivity index (χ3v) is 12.2. The third-order valence-electron chi connectivity index (χ3n) is 12.2.